The number of benzene rings is 3. The minimum atomic E-state index is -1.06. The molecule has 0 aromatic heterocycles. The molecule has 0 saturated carbocycles. The van der Waals surface area contributed by atoms with Crippen LogP contribution in [0.15, 0.2) is 60.3 Å². The van der Waals surface area contributed by atoms with Crippen molar-refractivity contribution in [1.29, 1.82) is 0 Å². The summed E-state index contributed by atoms with van der Waals surface area (Å²) in [6.45, 7) is 3.97. The smallest absolute Gasteiger partial charge is 0.278 e. The van der Waals surface area contributed by atoms with Crippen molar-refractivity contribution in [2.24, 2.45) is 0 Å². The molecule has 1 N–H and O–H groups in total. The van der Waals surface area contributed by atoms with Crippen LogP contribution in [-0.4, -0.2) is 23.5 Å². The highest BCUT2D eigenvalue weighted by atomic mass is 19.2. The fraction of sp³-hybridized carbons (Fsp3) is 0.154. The van der Waals surface area contributed by atoms with Crippen LogP contribution in [0.1, 0.15) is 22.3 Å². The van der Waals surface area contributed by atoms with Gasteiger partial charge in [0.05, 0.1) is 12.1 Å². The summed E-state index contributed by atoms with van der Waals surface area (Å²) < 4.78 is 37.9. The first-order valence-electron chi connectivity index (χ1n) is 10.6. The SMILES string of the molecule is Cc1ccc(C2=C(Nc3ccc(F)c(F)c3)C(=O)N(Cc3ccc4c(c3)OCO4)C2=O)cc1C. The van der Waals surface area contributed by atoms with E-state index in [0.717, 1.165) is 28.2 Å². The largest absolute Gasteiger partial charge is 0.454 e. The molecular formula is C26H20F2N2O4. The molecule has 0 atom stereocenters. The standard InChI is InChI=1S/C26H20F2N2O4/c1-14-3-5-17(9-15(14)2)23-24(29-18-6-7-19(27)20(28)11-18)26(32)30(25(23)31)12-16-4-8-21-22(10-16)34-13-33-21/h3-11,29H,12-13H2,1-2H3. The van der Waals surface area contributed by atoms with Gasteiger partial charge in [-0.1, -0.05) is 24.3 Å². The first-order chi connectivity index (χ1) is 16.3. The lowest BCUT2D eigenvalue weighted by Gasteiger charge is -2.16. The molecule has 0 saturated heterocycles. The summed E-state index contributed by atoms with van der Waals surface area (Å²) >= 11 is 0. The van der Waals surface area contributed by atoms with E-state index < -0.39 is 23.4 Å². The second kappa shape index (κ2) is 8.30. The van der Waals surface area contributed by atoms with Gasteiger partial charge in [-0.05, 0) is 60.4 Å². The van der Waals surface area contributed by atoms with Crippen molar-refractivity contribution in [2.45, 2.75) is 20.4 Å². The molecule has 0 fully saturated rings. The Hall–Kier alpha value is -4.20. The molecule has 3 aromatic carbocycles. The van der Waals surface area contributed by atoms with Crippen molar-refractivity contribution >= 4 is 23.1 Å². The van der Waals surface area contributed by atoms with E-state index in [0.29, 0.717) is 22.6 Å². The van der Waals surface area contributed by atoms with E-state index in [1.54, 1.807) is 24.3 Å². The molecule has 0 unspecified atom stereocenters. The Morgan fingerprint density at radius 3 is 2.41 bits per heavy atom. The average molecular weight is 462 g/mol. The Balaban J connectivity index is 1.53. The molecule has 6 nitrogen and oxygen atoms in total. The number of carbonyl (C=O) groups excluding carboxylic acids is 2. The van der Waals surface area contributed by atoms with Crippen molar-refractivity contribution in [2.75, 3.05) is 12.1 Å². The number of aryl methyl sites for hydroxylation is 2. The van der Waals surface area contributed by atoms with Crippen LogP contribution in [0.25, 0.3) is 5.57 Å². The lowest BCUT2D eigenvalue weighted by molar-refractivity contribution is -0.137. The fourth-order valence-electron chi connectivity index (χ4n) is 3.94. The Bertz CT molecular complexity index is 1380. The number of carbonyl (C=O) groups is 2. The molecule has 0 spiro atoms. The van der Waals surface area contributed by atoms with Gasteiger partial charge < -0.3 is 14.8 Å². The predicted octanol–water partition coefficient (Wildman–Crippen LogP) is 4.70. The van der Waals surface area contributed by atoms with Gasteiger partial charge >= 0.3 is 0 Å². The van der Waals surface area contributed by atoms with Crippen LogP contribution < -0.4 is 14.8 Å². The van der Waals surface area contributed by atoms with Gasteiger partial charge in [-0.25, -0.2) is 8.78 Å². The molecule has 172 valence electrons. The monoisotopic (exact) mass is 462 g/mol. The first kappa shape index (κ1) is 21.6. The van der Waals surface area contributed by atoms with E-state index in [4.69, 9.17) is 9.47 Å². The number of anilines is 1. The normalized spacial score (nSPS) is 14.9. The van der Waals surface area contributed by atoms with Crippen molar-refractivity contribution in [3.05, 3.63) is 94.2 Å². The number of imide groups is 1. The van der Waals surface area contributed by atoms with Gasteiger partial charge in [-0.2, -0.15) is 0 Å². The molecule has 0 bridgehead atoms. The van der Waals surface area contributed by atoms with E-state index >= 15 is 0 Å². The number of rotatable bonds is 5. The van der Waals surface area contributed by atoms with Gasteiger partial charge in [0.1, 0.15) is 5.70 Å². The number of hydrogen-bond acceptors (Lipinski definition) is 5. The molecule has 2 aliphatic rings. The van der Waals surface area contributed by atoms with E-state index in [9.17, 15) is 18.4 Å². The van der Waals surface area contributed by atoms with Crippen molar-refractivity contribution < 1.29 is 27.8 Å². The first-order valence-corrected chi connectivity index (χ1v) is 10.6. The molecular weight excluding hydrogens is 442 g/mol. The number of halogens is 2. The summed E-state index contributed by atoms with van der Waals surface area (Å²) in [7, 11) is 0. The molecule has 0 aliphatic carbocycles. The molecule has 2 amide bonds. The third kappa shape index (κ3) is 3.77. The Kier molecular flexibility index (Phi) is 5.28. The van der Waals surface area contributed by atoms with Crippen LogP contribution in [0.5, 0.6) is 11.5 Å². The molecule has 34 heavy (non-hydrogen) atoms. The van der Waals surface area contributed by atoms with Crippen LogP contribution in [0, 0.1) is 25.5 Å². The minimum absolute atomic E-state index is 0.00000423. The highest BCUT2D eigenvalue weighted by molar-refractivity contribution is 6.36. The lowest BCUT2D eigenvalue weighted by Crippen LogP contribution is -2.32. The summed E-state index contributed by atoms with van der Waals surface area (Å²) in [6.07, 6.45) is 0. The number of hydrogen-bond donors (Lipinski definition) is 1. The Morgan fingerprint density at radius 1 is 0.853 bits per heavy atom. The van der Waals surface area contributed by atoms with Crippen molar-refractivity contribution in [3.63, 3.8) is 0 Å². The number of amides is 2. The van der Waals surface area contributed by atoms with Gasteiger partial charge in [-0.15, -0.1) is 0 Å². The van der Waals surface area contributed by atoms with Gasteiger partial charge in [0, 0.05) is 11.8 Å². The zero-order valence-electron chi connectivity index (χ0n) is 18.4. The van der Waals surface area contributed by atoms with Crippen LogP contribution >= 0.6 is 0 Å². The van der Waals surface area contributed by atoms with Gasteiger partial charge in [0.15, 0.2) is 23.1 Å². The summed E-state index contributed by atoms with van der Waals surface area (Å²) in [5.41, 5.74) is 3.54. The van der Waals surface area contributed by atoms with E-state index in [1.807, 2.05) is 26.0 Å². The minimum Gasteiger partial charge on any atom is -0.454 e. The molecule has 2 aliphatic heterocycles. The van der Waals surface area contributed by atoms with Gasteiger partial charge in [0.25, 0.3) is 11.8 Å². The summed E-state index contributed by atoms with van der Waals surface area (Å²) in [4.78, 5) is 28.0. The maximum absolute atomic E-state index is 13.8. The zero-order valence-corrected chi connectivity index (χ0v) is 18.4. The molecule has 0 radical (unpaired) electrons. The quantitative estimate of drug-likeness (QED) is 0.557. The highest BCUT2D eigenvalue weighted by Crippen LogP contribution is 2.35. The lowest BCUT2D eigenvalue weighted by atomic mass is 9.99. The van der Waals surface area contributed by atoms with Crippen LogP contribution in [0.2, 0.25) is 0 Å². The second-order valence-electron chi connectivity index (χ2n) is 8.19. The van der Waals surface area contributed by atoms with E-state index in [2.05, 4.69) is 5.32 Å². The summed E-state index contributed by atoms with van der Waals surface area (Å²) in [5, 5.41) is 2.85. The maximum atomic E-state index is 13.8. The average Bonchev–Trinajstić information content (AvgIpc) is 3.36. The van der Waals surface area contributed by atoms with Crippen molar-refractivity contribution in [1.82, 2.24) is 4.90 Å². The molecule has 5 rings (SSSR count). The Labute approximate surface area is 194 Å². The van der Waals surface area contributed by atoms with Crippen LogP contribution in [0.3, 0.4) is 0 Å². The number of fused-ring (bicyclic) bond motifs is 1. The van der Waals surface area contributed by atoms with Gasteiger partial charge in [-0.3, -0.25) is 14.5 Å². The van der Waals surface area contributed by atoms with E-state index in [-0.39, 0.29) is 30.3 Å². The maximum Gasteiger partial charge on any atom is 0.278 e. The van der Waals surface area contributed by atoms with Crippen molar-refractivity contribution in [3.8, 4) is 11.5 Å². The number of nitrogens with zero attached hydrogens (tertiary/aromatic N) is 1. The topological polar surface area (TPSA) is 67.9 Å². The zero-order chi connectivity index (χ0) is 24.0. The molecule has 3 aromatic rings. The Morgan fingerprint density at radius 2 is 1.65 bits per heavy atom. The third-order valence-electron chi connectivity index (χ3n) is 5.93. The number of ether oxygens (including phenoxy) is 2. The number of nitrogens with one attached hydrogen (secondary N) is 1. The fourth-order valence-corrected chi connectivity index (χ4v) is 3.94. The predicted molar refractivity (Wildman–Crippen MR) is 121 cm³/mol. The molecule has 2 heterocycles. The summed E-state index contributed by atoms with van der Waals surface area (Å²) in [6, 6.07) is 13.9. The van der Waals surface area contributed by atoms with Crippen LogP contribution in [-0.2, 0) is 16.1 Å². The van der Waals surface area contributed by atoms with Crippen LogP contribution in [0.4, 0.5) is 14.5 Å². The van der Waals surface area contributed by atoms with Gasteiger partial charge in [0.2, 0.25) is 6.79 Å². The second-order valence-corrected chi connectivity index (χ2v) is 8.19. The highest BCUT2D eigenvalue weighted by Gasteiger charge is 2.39. The summed E-state index contributed by atoms with van der Waals surface area (Å²) in [5.74, 6) is -1.99. The molecule has 8 heteroatoms. The van der Waals surface area contributed by atoms with E-state index in [1.165, 1.54) is 6.07 Å². The third-order valence-corrected chi connectivity index (χ3v) is 5.93.